The van der Waals surface area contributed by atoms with E-state index in [2.05, 4.69) is 10.3 Å². The van der Waals surface area contributed by atoms with Crippen LogP contribution in [0.1, 0.15) is 17.3 Å². The number of nitrogens with zero attached hydrogens (tertiary/aromatic N) is 1. The fraction of sp³-hybridized carbons (Fsp3) is 0.417. The van der Waals surface area contributed by atoms with Gasteiger partial charge in [-0.1, -0.05) is 0 Å². The average Bonchev–Trinajstić information content (AvgIpc) is 2.72. The summed E-state index contributed by atoms with van der Waals surface area (Å²) in [6, 6.07) is 1.68. The van der Waals surface area contributed by atoms with Crippen LogP contribution in [-0.4, -0.2) is 41.2 Å². The molecule has 2 rings (SSSR count). The van der Waals surface area contributed by atoms with Gasteiger partial charge in [-0.25, -0.2) is 4.98 Å². The Morgan fingerprint density at radius 3 is 3.00 bits per heavy atom. The van der Waals surface area contributed by atoms with Crippen molar-refractivity contribution >= 4 is 11.9 Å². The van der Waals surface area contributed by atoms with Gasteiger partial charge in [-0.3, -0.25) is 9.59 Å². The third-order valence-corrected chi connectivity index (χ3v) is 3.24. The van der Waals surface area contributed by atoms with Crippen LogP contribution in [0.15, 0.2) is 18.3 Å². The zero-order chi connectivity index (χ0) is 14.0. The molecule has 1 saturated heterocycles. The Labute approximate surface area is 108 Å². The van der Waals surface area contributed by atoms with E-state index in [9.17, 15) is 14.0 Å². The minimum Gasteiger partial charge on any atom is -0.481 e. The zero-order valence-electron chi connectivity index (χ0n) is 10.2. The number of carboxylic acids is 1. The van der Waals surface area contributed by atoms with Crippen molar-refractivity contribution < 1.29 is 23.8 Å². The number of aliphatic carboxylic acids is 1. The molecule has 2 atom stereocenters. The molecule has 1 fully saturated rings. The number of aromatic nitrogens is 1. The van der Waals surface area contributed by atoms with E-state index in [4.69, 9.17) is 9.84 Å². The van der Waals surface area contributed by atoms with Gasteiger partial charge < -0.3 is 15.2 Å². The van der Waals surface area contributed by atoms with Crippen LogP contribution in [0.3, 0.4) is 0 Å². The second-order valence-electron chi connectivity index (χ2n) is 4.63. The molecule has 2 unspecified atom stereocenters. The van der Waals surface area contributed by atoms with Crippen LogP contribution in [0.25, 0.3) is 0 Å². The topological polar surface area (TPSA) is 88.5 Å². The summed E-state index contributed by atoms with van der Waals surface area (Å²) in [7, 11) is 0. The predicted molar refractivity (Wildman–Crippen MR) is 62.0 cm³/mol. The number of carboxylic acid groups (broad SMARTS) is 1. The van der Waals surface area contributed by atoms with Crippen LogP contribution in [0, 0.1) is 11.4 Å². The minimum absolute atomic E-state index is 0.0258. The monoisotopic (exact) mass is 268 g/mol. The number of amides is 1. The summed E-state index contributed by atoms with van der Waals surface area (Å²) in [5, 5.41) is 11.7. The average molecular weight is 268 g/mol. The van der Waals surface area contributed by atoms with Crippen LogP contribution in [0.5, 0.6) is 0 Å². The van der Waals surface area contributed by atoms with Crippen LogP contribution in [0.2, 0.25) is 0 Å². The molecule has 2 N–H and O–H groups in total. The Morgan fingerprint density at radius 1 is 1.63 bits per heavy atom. The van der Waals surface area contributed by atoms with Crippen molar-refractivity contribution in [2.45, 2.75) is 13.0 Å². The maximum absolute atomic E-state index is 12.9. The molecule has 0 aromatic carbocycles. The molecule has 2 heterocycles. The number of rotatable bonds is 3. The third-order valence-electron chi connectivity index (χ3n) is 3.24. The van der Waals surface area contributed by atoms with Gasteiger partial charge in [0.25, 0.3) is 5.91 Å². The van der Waals surface area contributed by atoms with Crippen molar-refractivity contribution in [2.75, 3.05) is 13.2 Å². The Balaban J connectivity index is 2.13. The quantitative estimate of drug-likeness (QED) is 0.776. The Kier molecular flexibility index (Phi) is 3.48. The lowest BCUT2D eigenvalue weighted by atomic mass is 9.85. The van der Waals surface area contributed by atoms with Gasteiger partial charge in [0.15, 0.2) is 0 Å². The van der Waals surface area contributed by atoms with Gasteiger partial charge in [0.05, 0.1) is 19.3 Å². The zero-order valence-corrected chi connectivity index (χ0v) is 10.2. The molecule has 102 valence electrons. The Morgan fingerprint density at radius 2 is 2.37 bits per heavy atom. The molecule has 0 radical (unpaired) electrons. The maximum atomic E-state index is 12.9. The van der Waals surface area contributed by atoms with Crippen molar-refractivity contribution in [1.82, 2.24) is 10.3 Å². The Bertz CT molecular complexity index is 522. The predicted octanol–water partition coefficient (Wildman–Crippen LogP) is 0.440. The molecule has 19 heavy (non-hydrogen) atoms. The van der Waals surface area contributed by atoms with Gasteiger partial charge in [-0.05, 0) is 13.0 Å². The van der Waals surface area contributed by atoms with Gasteiger partial charge in [-0.2, -0.15) is 4.39 Å². The van der Waals surface area contributed by atoms with Crippen LogP contribution in [0.4, 0.5) is 4.39 Å². The SMILES string of the molecule is CC1(C(=O)O)COCC1NC(=O)c1ccnc(F)c1. The standard InChI is InChI=1S/C12H13FN2O4/c1-12(11(17)18)6-19-5-8(12)15-10(16)7-2-3-14-9(13)4-7/h2-4,8H,5-6H2,1H3,(H,15,16)(H,17,18). The van der Waals surface area contributed by atoms with E-state index in [1.165, 1.54) is 19.2 Å². The molecule has 1 aromatic rings. The fourth-order valence-corrected chi connectivity index (χ4v) is 1.87. The molecule has 0 spiro atoms. The largest absolute Gasteiger partial charge is 0.481 e. The summed E-state index contributed by atoms with van der Waals surface area (Å²) in [6.45, 7) is 1.64. The van der Waals surface area contributed by atoms with Crippen molar-refractivity contribution in [3.05, 3.63) is 29.8 Å². The van der Waals surface area contributed by atoms with E-state index in [1.54, 1.807) is 0 Å². The second-order valence-corrected chi connectivity index (χ2v) is 4.63. The Hall–Kier alpha value is -2.02. The van der Waals surface area contributed by atoms with Gasteiger partial charge >= 0.3 is 5.97 Å². The summed E-state index contributed by atoms with van der Waals surface area (Å²) in [4.78, 5) is 26.5. The number of nitrogens with one attached hydrogen (secondary N) is 1. The maximum Gasteiger partial charge on any atom is 0.313 e. The first kappa shape index (κ1) is 13.4. The van der Waals surface area contributed by atoms with Crippen LogP contribution in [-0.2, 0) is 9.53 Å². The van der Waals surface area contributed by atoms with Gasteiger partial charge in [0, 0.05) is 17.8 Å². The molecule has 0 saturated carbocycles. The number of carbonyl (C=O) groups is 2. The summed E-state index contributed by atoms with van der Waals surface area (Å²) < 4.78 is 18.0. The smallest absolute Gasteiger partial charge is 0.313 e. The molecule has 1 amide bonds. The summed E-state index contributed by atoms with van der Waals surface area (Å²) in [5.41, 5.74) is -1.09. The lowest BCUT2D eigenvalue weighted by molar-refractivity contribution is -0.148. The second kappa shape index (κ2) is 4.93. The lowest BCUT2D eigenvalue weighted by Crippen LogP contribution is -2.49. The number of halogens is 1. The summed E-state index contributed by atoms with van der Waals surface area (Å²) in [6.07, 6.45) is 1.17. The molecule has 1 aliphatic heterocycles. The first-order valence-corrected chi connectivity index (χ1v) is 5.67. The van der Waals surface area contributed by atoms with Crippen molar-refractivity contribution in [3.8, 4) is 0 Å². The van der Waals surface area contributed by atoms with E-state index in [0.717, 1.165) is 6.07 Å². The molecule has 0 aliphatic carbocycles. The van der Waals surface area contributed by atoms with Crippen molar-refractivity contribution in [1.29, 1.82) is 0 Å². The lowest BCUT2D eigenvalue weighted by Gasteiger charge is -2.25. The number of ether oxygens (including phenoxy) is 1. The minimum atomic E-state index is -1.18. The highest BCUT2D eigenvalue weighted by atomic mass is 19.1. The van der Waals surface area contributed by atoms with E-state index < -0.39 is 29.3 Å². The van der Waals surface area contributed by atoms with E-state index in [1.807, 2.05) is 0 Å². The molecule has 7 heteroatoms. The van der Waals surface area contributed by atoms with Crippen molar-refractivity contribution in [2.24, 2.45) is 5.41 Å². The molecular formula is C12H13FN2O4. The number of pyridine rings is 1. The highest BCUT2D eigenvalue weighted by Crippen LogP contribution is 2.28. The molecule has 6 nitrogen and oxygen atoms in total. The highest BCUT2D eigenvalue weighted by molar-refractivity contribution is 5.94. The summed E-state index contributed by atoms with van der Waals surface area (Å²) >= 11 is 0. The summed E-state index contributed by atoms with van der Waals surface area (Å²) in [5.74, 6) is -2.36. The normalized spacial score (nSPS) is 26.1. The molecule has 1 aliphatic rings. The van der Waals surface area contributed by atoms with Gasteiger partial charge in [0.1, 0.15) is 5.41 Å². The molecular weight excluding hydrogens is 255 g/mol. The highest BCUT2D eigenvalue weighted by Gasteiger charge is 2.47. The van der Waals surface area contributed by atoms with Gasteiger partial charge in [-0.15, -0.1) is 0 Å². The first-order chi connectivity index (χ1) is 8.93. The molecule has 1 aromatic heterocycles. The third kappa shape index (κ3) is 2.55. The molecule has 0 bridgehead atoms. The van der Waals surface area contributed by atoms with E-state index >= 15 is 0 Å². The first-order valence-electron chi connectivity index (χ1n) is 5.67. The fourth-order valence-electron chi connectivity index (χ4n) is 1.87. The van der Waals surface area contributed by atoms with Crippen LogP contribution < -0.4 is 5.32 Å². The van der Waals surface area contributed by atoms with E-state index in [-0.39, 0.29) is 18.8 Å². The number of hydrogen-bond acceptors (Lipinski definition) is 4. The van der Waals surface area contributed by atoms with Crippen molar-refractivity contribution in [3.63, 3.8) is 0 Å². The number of hydrogen-bond donors (Lipinski definition) is 2. The van der Waals surface area contributed by atoms with Crippen LogP contribution >= 0.6 is 0 Å². The van der Waals surface area contributed by atoms with Gasteiger partial charge in [0.2, 0.25) is 5.95 Å². The van der Waals surface area contributed by atoms with E-state index in [0.29, 0.717) is 0 Å². The number of carbonyl (C=O) groups excluding carboxylic acids is 1.